The highest BCUT2D eigenvalue weighted by Crippen LogP contribution is 2.61. The molecule has 2 heterocycles. The third-order valence-corrected chi connectivity index (χ3v) is 12.8. The second kappa shape index (κ2) is 17.2. The topological polar surface area (TPSA) is 140 Å². The van der Waals surface area contributed by atoms with E-state index in [0.717, 1.165) is 34.5 Å². The summed E-state index contributed by atoms with van der Waals surface area (Å²) in [7, 11) is 9.45. The van der Waals surface area contributed by atoms with Crippen molar-refractivity contribution in [2.45, 2.75) is 83.8 Å². The lowest BCUT2D eigenvalue weighted by molar-refractivity contribution is -0.183. The predicted octanol–water partition coefficient (Wildman–Crippen LogP) is 4.39. The van der Waals surface area contributed by atoms with Gasteiger partial charge in [0.15, 0.2) is 0 Å². The number of aromatic nitrogens is 1. The Labute approximate surface area is 332 Å². The second-order valence-corrected chi connectivity index (χ2v) is 17.4. The standard InChI is InChI=1S/C44H62N6O6/c1-26-36-20-31(44(36,3)4)21-37(26)47-43(54)40-39(27(2)52)38(25-51)56-50(40)23-28-13-12-15-35(41(28)55-9)29-17-30(19-34(18-29)49(7)8)42(53)46-33(24-48(5)6)22-32-14-10-11-16-45-32/h10-19,26-27,31,33,36-40,51-52H,20-25H2,1-9H3,(H,46,53)(H,47,54)/t26-,27?,31+,33-,36-,37-,38-,39?,40-/m0/s1. The number of rotatable bonds is 15. The van der Waals surface area contributed by atoms with Crippen LogP contribution in [0.3, 0.4) is 0 Å². The number of anilines is 1. The number of ether oxygens (including phenoxy) is 1. The summed E-state index contributed by atoms with van der Waals surface area (Å²) >= 11 is 0. The summed E-state index contributed by atoms with van der Waals surface area (Å²) in [5.41, 5.74) is 4.84. The molecule has 0 radical (unpaired) electrons. The van der Waals surface area contributed by atoms with Gasteiger partial charge in [-0.2, -0.15) is 5.06 Å². The van der Waals surface area contributed by atoms with E-state index in [0.29, 0.717) is 42.0 Å². The summed E-state index contributed by atoms with van der Waals surface area (Å²) in [6.45, 7) is 9.01. The normalized spacial score (nSPS) is 26.6. The molecule has 1 aliphatic heterocycles. The van der Waals surface area contributed by atoms with E-state index < -0.39 is 24.2 Å². The lowest BCUT2D eigenvalue weighted by Gasteiger charge is -2.62. The van der Waals surface area contributed by atoms with E-state index in [4.69, 9.17) is 9.57 Å². The number of fused-ring (bicyclic) bond motifs is 2. The summed E-state index contributed by atoms with van der Waals surface area (Å²) in [4.78, 5) is 43.1. The number of hydrogen-bond donors (Lipinski definition) is 4. The smallest absolute Gasteiger partial charge is 0.251 e. The summed E-state index contributed by atoms with van der Waals surface area (Å²) in [6.07, 6.45) is 2.81. The summed E-state index contributed by atoms with van der Waals surface area (Å²) in [5, 5.41) is 29.6. The number of aliphatic hydroxyl groups excluding tert-OH is 2. The summed E-state index contributed by atoms with van der Waals surface area (Å²) < 4.78 is 6.10. The van der Waals surface area contributed by atoms with Crippen molar-refractivity contribution in [3.8, 4) is 16.9 Å². The van der Waals surface area contributed by atoms with Crippen molar-refractivity contribution in [3.63, 3.8) is 0 Å². The first-order valence-electron chi connectivity index (χ1n) is 20.0. The first kappa shape index (κ1) is 41.6. The van der Waals surface area contributed by atoms with Gasteiger partial charge in [0, 0.05) is 79.3 Å². The molecule has 7 rings (SSSR count). The molecule has 3 aromatic rings. The van der Waals surface area contributed by atoms with E-state index in [-0.39, 0.29) is 42.5 Å². The van der Waals surface area contributed by atoms with E-state index in [9.17, 15) is 19.8 Å². The Balaban J connectivity index is 1.28. The van der Waals surface area contributed by atoms with Gasteiger partial charge in [-0.3, -0.25) is 19.4 Å². The third kappa shape index (κ3) is 8.60. The Bertz CT molecular complexity index is 1840. The zero-order chi connectivity index (χ0) is 40.5. The average Bonchev–Trinajstić information content (AvgIpc) is 3.53. The van der Waals surface area contributed by atoms with Crippen molar-refractivity contribution < 1.29 is 29.4 Å². The zero-order valence-electron chi connectivity index (χ0n) is 34.5. The quantitative estimate of drug-likeness (QED) is 0.176. The first-order valence-corrected chi connectivity index (χ1v) is 20.0. The number of carbonyl (C=O) groups excluding carboxylic acids is 2. The minimum Gasteiger partial charge on any atom is -0.496 e. The average molecular weight is 771 g/mol. The number of nitrogens with zero attached hydrogens (tertiary/aromatic N) is 4. The highest BCUT2D eigenvalue weighted by Gasteiger charge is 2.57. The molecule has 9 atom stereocenters. The molecule has 56 heavy (non-hydrogen) atoms. The number of benzene rings is 2. The van der Waals surface area contributed by atoms with Crippen molar-refractivity contribution in [3.05, 3.63) is 77.6 Å². The van der Waals surface area contributed by atoms with Crippen molar-refractivity contribution in [2.24, 2.45) is 29.1 Å². The van der Waals surface area contributed by atoms with Crippen LogP contribution in [0.25, 0.3) is 11.1 Å². The van der Waals surface area contributed by atoms with E-state index in [1.54, 1.807) is 25.3 Å². The van der Waals surface area contributed by atoms with Crippen LogP contribution in [-0.2, 0) is 22.6 Å². The highest BCUT2D eigenvalue weighted by molar-refractivity contribution is 5.97. The maximum atomic E-state index is 14.3. The van der Waals surface area contributed by atoms with Crippen LogP contribution >= 0.6 is 0 Å². The number of hydroxylamine groups is 2. The van der Waals surface area contributed by atoms with Crippen LogP contribution in [-0.4, -0.2) is 116 Å². The number of aliphatic hydroxyl groups is 2. The van der Waals surface area contributed by atoms with Gasteiger partial charge in [-0.1, -0.05) is 45.0 Å². The number of carbonyl (C=O) groups is 2. The molecule has 2 bridgehead atoms. The van der Waals surface area contributed by atoms with Crippen molar-refractivity contribution >= 4 is 17.5 Å². The van der Waals surface area contributed by atoms with Gasteiger partial charge in [0.2, 0.25) is 5.91 Å². The number of nitrogens with one attached hydrogen (secondary N) is 2. The molecule has 304 valence electrons. The molecule has 2 amide bonds. The van der Waals surface area contributed by atoms with Crippen LogP contribution in [0.15, 0.2) is 60.8 Å². The van der Waals surface area contributed by atoms with Gasteiger partial charge in [0.1, 0.15) is 17.9 Å². The maximum Gasteiger partial charge on any atom is 0.251 e. The molecule has 1 aromatic heterocycles. The third-order valence-electron chi connectivity index (χ3n) is 12.8. The molecule has 3 aliphatic carbocycles. The van der Waals surface area contributed by atoms with Gasteiger partial charge in [-0.05, 0) is 92.9 Å². The fourth-order valence-corrected chi connectivity index (χ4v) is 9.63. The lowest BCUT2D eigenvalue weighted by Crippen LogP contribution is -2.62. The molecule has 4 aliphatic rings. The molecule has 3 saturated carbocycles. The van der Waals surface area contributed by atoms with Gasteiger partial charge < -0.3 is 35.4 Å². The fourth-order valence-electron chi connectivity index (χ4n) is 9.63. The van der Waals surface area contributed by atoms with Crippen molar-refractivity contribution in [1.29, 1.82) is 0 Å². The number of para-hydroxylation sites is 1. The van der Waals surface area contributed by atoms with E-state index in [1.165, 1.54) is 6.42 Å². The van der Waals surface area contributed by atoms with Gasteiger partial charge in [0.05, 0.1) is 26.4 Å². The predicted molar refractivity (Wildman–Crippen MR) is 218 cm³/mol. The Morgan fingerprint density at radius 2 is 1.86 bits per heavy atom. The SMILES string of the molecule is COc1c(CN2O[C@@H](CO)C(C(C)O)[C@H]2C(=O)N[C@H]2C[C@H]3C[C@@H]([C@@H]2C)C3(C)C)cccc1-c1cc(C(=O)N[C@@H](Cc2ccccn2)CN(C)C)cc(N(C)C)c1. The maximum absolute atomic E-state index is 14.3. The monoisotopic (exact) mass is 770 g/mol. The first-order chi connectivity index (χ1) is 26.6. The number of hydrogen-bond acceptors (Lipinski definition) is 10. The van der Waals surface area contributed by atoms with Crippen LogP contribution in [0.5, 0.6) is 5.75 Å². The van der Waals surface area contributed by atoms with E-state index in [1.807, 2.05) is 87.7 Å². The number of methoxy groups -OCH3 is 1. The lowest BCUT2D eigenvalue weighted by atomic mass is 9.45. The molecular weight excluding hydrogens is 709 g/mol. The van der Waals surface area contributed by atoms with Crippen molar-refractivity contribution in [2.75, 3.05) is 53.4 Å². The number of amides is 2. The summed E-state index contributed by atoms with van der Waals surface area (Å²) in [5.74, 6) is 0.972. The van der Waals surface area contributed by atoms with Gasteiger partial charge in [-0.15, -0.1) is 0 Å². The van der Waals surface area contributed by atoms with Crippen LogP contribution in [0, 0.1) is 29.1 Å². The molecule has 4 N–H and O–H groups in total. The Kier molecular flexibility index (Phi) is 12.8. The molecule has 1 saturated heterocycles. The molecule has 0 spiro atoms. The molecule has 12 heteroatoms. The van der Waals surface area contributed by atoms with Crippen LogP contribution in [0.1, 0.15) is 62.2 Å². The van der Waals surface area contributed by atoms with Crippen molar-refractivity contribution in [1.82, 2.24) is 25.6 Å². The van der Waals surface area contributed by atoms with E-state index >= 15 is 0 Å². The Hall–Kier alpha value is -4.07. The van der Waals surface area contributed by atoms with E-state index in [2.05, 4.69) is 41.3 Å². The molecule has 12 nitrogen and oxygen atoms in total. The summed E-state index contributed by atoms with van der Waals surface area (Å²) in [6, 6.07) is 16.4. The van der Waals surface area contributed by atoms with Crippen LogP contribution < -0.4 is 20.3 Å². The molecular formula is C44H62N6O6. The highest BCUT2D eigenvalue weighted by atomic mass is 16.7. The van der Waals surface area contributed by atoms with Gasteiger partial charge in [-0.25, -0.2) is 0 Å². The minimum atomic E-state index is -0.906. The number of pyridine rings is 1. The Morgan fingerprint density at radius 3 is 2.46 bits per heavy atom. The number of likely N-dealkylation sites (N-methyl/N-ethyl adjacent to an activating group) is 1. The van der Waals surface area contributed by atoms with Crippen LogP contribution in [0.2, 0.25) is 0 Å². The molecule has 2 aromatic carbocycles. The van der Waals surface area contributed by atoms with Crippen LogP contribution in [0.4, 0.5) is 5.69 Å². The van der Waals surface area contributed by atoms with Gasteiger partial charge in [0.25, 0.3) is 5.91 Å². The minimum absolute atomic E-state index is 0.0327. The molecule has 2 unspecified atom stereocenters. The largest absolute Gasteiger partial charge is 0.496 e. The second-order valence-electron chi connectivity index (χ2n) is 17.4. The fraction of sp³-hybridized carbons (Fsp3) is 0.568. The molecule has 4 fully saturated rings. The zero-order valence-corrected chi connectivity index (χ0v) is 34.5. The van der Waals surface area contributed by atoms with Gasteiger partial charge >= 0.3 is 0 Å². The Morgan fingerprint density at radius 1 is 1.09 bits per heavy atom.